The second-order valence-electron chi connectivity index (χ2n) is 13.3. The summed E-state index contributed by atoms with van der Waals surface area (Å²) in [6, 6.07) is 27.8. The van der Waals surface area contributed by atoms with Gasteiger partial charge in [0.25, 0.3) is 0 Å². The Balaban J connectivity index is 1.23. The molecule has 0 aromatic heterocycles. The van der Waals surface area contributed by atoms with Crippen LogP contribution < -0.4 is 10.4 Å². The van der Waals surface area contributed by atoms with Gasteiger partial charge in [-0.15, -0.1) is 0 Å². The average Bonchev–Trinajstić information content (AvgIpc) is 3.36. The molecule has 0 unspecified atom stereocenters. The van der Waals surface area contributed by atoms with Gasteiger partial charge in [0.05, 0.1) is 23.6 Å². The Morgan fingerprint density at radius 1 is 0.939 bits per heavy atom. The molecule has 2 fully saturated rings. The third kappa shape index (κ3) is 6.26. The van der Waals surface area contributed by atoms with E-state index in [1.165, 1.54) is 17.0 Å². The highest BCUT2D eigenvalue weighted by molar-refractivity contribution is 6.58. The molecule has 0 bridgehead atoms. The molecule has 0 spiro atoms. The zero-order chi connectivity index (χ0) is 34.2. The molecule has 1 aliphatic carbocycles. The lowest BCUT2D eigenvalue weighted by molar-refractivity contribution is -0.122. The first-order chi connectivity index (χ1) is 23.7. The molecule has 2 amide bonds. The van der Waals surface area contributed by atoms with E-state index in [1.807, 2.05) is 48.5 Å². The van der Waals surface area contributed by atoms with Crippen molar-refractivity contribution in [2.24, 2.45) is 17.8 Å². The van der Waals surface area contributed by atoms with Gasteiger partial charge < -0.3 is 24.8 Å². The van der Waals surface area contributed by atoms with E-state index in [2.05, 4.69) is 25.1 Å². The van der Waals surface area contributed by atoms with Crippen molar-refractivity contribution in [2.45, 2.75) is 51.5 Å². The number of amides is 2. The molecule has 8 nitrogen and oxygen atoms in total. The number of rotatable bonds is 9. The molecule has 2 saturated heterocycles. The molecule has 3 aliphatic rings. The highest BCUT2D eigenvalue weighted by Gasteiger charge is 2.57. The number of phenols is 1. The minimum atomic E-state index is -1.73. The topological polar surface area (TPSA) is 128 Å². The summed E-state index contributed by atoms with van der Waals surface area (Å²) in [5.74, 6) is -1.94. The van der Waals surface area contributed by atoms with Crippen molar-refractivity contribution in [1.82, 2.24) is 0 Å². The van der Waals surface area contributed by atoms with Crippen LogP contribution in [0.1, 0.15) is 50.2 Å². The van der Waals surface area contributed by atoms with Crippen LogP contribution in [0.2, 0.25) is 6.32 Å². The van der Waals surface area contributed by atoms with Gasteiger partial charge in [-0.2, -0.15) is 0 Å². The van der Waals surface area contributed by atoms with Crippen molar-refractivity contribution in [3.05, 3.63) is 113 Å². The third-order valence-corrected chi connectivity index (χ3v) is 10.4. The molecule has 4 aromatic carbocycles. The maximum Gasteiger partial charge on any atom is 0.488 e. The molecule has 248 valence electrons. The van der Waals surface area contributed by atoms with Crippen LogP contribution in [0.25, 0.3) is 22.4 Å². The Kier molecular flexibility index (Phi) is 9.31. The number of carbonyl (C=O) groups excluding carboxylic acids is 2. The standard InChI is InChI=1S/C39H39B2NO7/c1-2-9-27-21-32-37(39(45)42(38(32)44)29-13-8-12-28(22-29)41(47)48)33-23-40(46)49-35(36(27)33)19-17-25(24-10-4-3-5-11-24)20-26-16-18-34(43)31-15-7-6-14-30(26)31/h3-8,10-16,18,20,22,32-33,35,37,43,46-48H,2,9,17,19,21,23H2,1H3/b25-20-/t32-,33+,35-,37-/m1/s1. The van der Waals surface area contributed by atoms with E-state index in [0.717, 1.165) is 51.5 Å². The number of anilines is 1. The molecule has 4 atom stereocenters. The van der Waals surface area contributed by atoms with Crippen LogP contribution in [0.4, 0.5) is 5.69 Å². The summed E-state index contributed by atoms with van der Waals surface area (Å²) in [4.78, 5) is 29.3. The van der Waals surface area contributed by atoms with Gasteiger partial charge in [-0.25, -0.2) is 0 Å². The van der Waals surface area contributed by atoms with Crippen molar-refractivity contribution in [1.29, 1.82) is 0 Å². The van der Waals surface area contributed by atoms with Crippen LogP contribution in [-0.2, 0) is 14.2 Å². The zero-order valence-electron chi connectivity index (χ0n) is 27.4. The van der Waals surface area contributed by atoms with Crippen molar-refractivity contribution in [2.75, 3.05) is 4.90 Å². The smallest absolute Gasteiger partial charge is 0.488 e. The predicted octanol–water partition coefficient (Wildman–Crippen LogP) is 5.35. The average molecular weight is 655 g/mol. The second kappa shape index (κ2) is 13.8. The predicted molar refractivity (Wildman–Crippen MR) is 193 cm³/mol. The molecule has 2 aliphatic heterocycles. The van der Waals surface area contributed by atoms with Gasteiger partial charge in [0.15, 0.2) is 0 Å². The van der Waals surface area contributed by atoms with Gasteiger partial charge >= 0.3 is 14.2 Å². The minimum Gasteiger partial charge on any atom is -0.507 e. The lowest BCUT2D eigenvalue weighted by Crippen LogP contribution is -2.46. The molecule has 7 rings (SSSR count). The van der Waals surface area contributed by atoms with Crippen LogP contribution in [0.5, 0.6) is 5.75 Å². The van der Waals surface area contributed by atoms with Gasteiger partial charge in [-0.1, -0.05) is 97.8 Å². The number of nitrogens with zero attached hydrogens (tertiary/aromatic N) is 1. The van der Waals surface area contributed by atoms with E-state index in [9.17, 15) is 29.8 Å². The van der Waals surface area contributed by atoms with Crippen molar-refractivity contribution in [3.8, 4) is 5.75 Å². The molecular formula is C39H39B2NO7. The molecule has 2 heterocycles. The van der Waals surface area contributed by atoms with Crippen LogP contribution in [0, 0.1) is 17.8 Å². The van der Waals surface area contributed by atoms with Gasteiger partial charge in [-0.05, 0) is 89.2 Å². The van der Waals surface area contributed by atoms with Crippen LogP contribution >= 0.6 is 0 Å². The first-order valence-corrected chi connectivity index (χ1v) is 17.1. The van der Waals surface area contributed by atoms with Gasteiger partial charge in [-0.3, -0.25) is 14.5 Å². The summed E-state index contributed by atoms with van der Waals surface area (Å²) in [5, 5.41) is 42.8. The summed E-state index contributed by atoms with van der Waals surface area (Å²) in [6.45, 7) is 2.10. The first-order valence-electron chi connectivity index (χ1n) is 17.1. The van der Waals surface area contributed by atoms with E-state index >= 15 is 0 Å². The maximum atomic E-state index is 14.2. The zero-order valence-corrected chi connectivity index (χ0v) is 27.4. The summed E-state index contributed by atoms with van der Waals surface area (Å²) in [5.41, 5.74) is 5.80. The van der Waals surface area contributed by atoms with E-state index in [-0.39, 0.29) is 35.3 Å². The Hall–Kier alpha value is -4.47. The first kappa shape index (κ1) is 33.0. The molecule has 10 heteroatoms. The fourth-order valence-electron chi connectivity index (χ4n) is 8.24. The quantitative estimate of drug-likeness (QED) is 0.0830. The molecule has 0 radical (unpaired) electrons. The molecule has 4 N–H and O–H groups in total. The number of aromatic hydroxyl groups is 1. The Labute approximate surface area is 286 Å². The number of hydrogen-bond acceptors (Lipinski definition) is 7. The lowest BCUT2D eigenvalue weighted by Gasteiger charge is -2.43. The number of allylic oxidation sites excluding steroid dienone is 2. The Bertz CT molecular complexity index is 1960. The largest absolute Gasteiger partial charge is 0.507 e. The fraction of sp³-hybridized carbons (Fsp3) is 0.282. The van der Waals surface area contributed by atoms with Crippen LogP contribution in [-0.4, -0.2) is 52.3 Å². The maximum absolute atomic E-state index is 14.2. The Morgan fingerprint density at radius 2 is 1.69 bits per heavy atom. The SMILES string of the molecule is CCCC1=C2[C@@H](CC/C(=C/c3ccc(O)c4ccccc34)c3ccccc3)OB(O)C[C@@H]2[C@@H]2C(=O)N(c3cccc(B(O)O)c3)C(=O)[C@@H]2C1. The number of carbonyl (C=O) groups is 2. The summed E-state index contributed by atoms with van der Waals surface area (Å²) < 4.78 is 6.29. The Morgan fingerprint density at radius 3 is 2.45 bits per heavy atom. The molecular weight excluding hydrogens is 616 g/mol. The number of fused-ring (bicyclic) bond motifs is 4. The number of benzene rings is 4. The molecule has 0 saturated carbocycles. The lowest BCUT2D eigenvalue weighted by atomic mass is 9.58. The van der Waals surface area contributed by atoms with Crippen LogP contribution in [0.15, 0.2) is 102 Å². The minimum absolute atomic E-state index is 0.197. The fourth-order valence-corrected chi connectivity index (χ4v) is 8.24. The number of phenolic OH excluding ortho intramolecular Hbond substituents is 1. The van der Waals surface area contributed by atoms with Gasteiger partial charge in [0.2, 0.25) is 11.8 Å². The van der Waals surface area contributed by atoms with E-state index < -0.39 is 32.2 Å². The summed E-state index contributed by atoms with van der Waals surface area (Å²) in [7, 11) is -2.82. The van der Waals surface area contributed by atoms with Crippen molar-refractivity contribution < 1.29 is 34.4 Å². The van der Waals surface area contributed by atoms with Gasteiger partial charge in [0.1, 0.15) is 5.75 Å². The number of imide groups is 1. The highest BCUT2D eigenvalue weighted by Crippen LogP contribution is 2.52. The summed E-state index contributed by atoms with van der Waals surface area (Å²) >= 11 is 0. The van der Waals surface area contributed by atoms with Crippen molar-refractivity contribution in [3.63, 3.8) is 0 Å². The monoisotopic (exact) mass is 655 g/mol. The van der Waals surface area contributed by atoms with Gasteiger partial charge in [0, 0.05) is 5.39 Å². The van der Waals surface area contributed by atoms with Crippen LogP contribution in [0.3, 0.4) is 0 Å². The normalized spacial score (nSPS) is 22.5. The third-order valence-electron chi connectivity index (χ3n) is 10.4. The van der Waals surface area contributed by atoms with E-state index in [1.54, 1.807) is 18.2 Å². The van der Waals surface area contributed by atoms with E-state index in [0.29, 0.717) is 24.9 Å². The molecule has 4 aromatic rings. The highest BCUT2D eigenvalue weighted by atomic mass is 16.5. The molecule has 49 heavy (non-hydrogen) atoms. The number of hydrogen-bond donors (Lipinski definition) is 4. The second-order valence-corrected chi connectivity index (χ2v) is 13.3. The summed E-state index contributed by atoms with van der Waals surface area (Å²) in [6.07, 6.45) is 5.20. The van der Waals surface area contributed by atoms with E-state index in [4.69, 9.17) is 4.65 Å². The van der Waals surface area contributed by atoms with Crippen molar-refractivity contribution >= 4 is 59.6 Å².